The zero-order chi connectivity index (χ0) is 14.5. The lowest BCUT2D eigenvalue weighted by Crippen LogP contribution is -2.19. The third kappa shape index (κ3) is 3.54. The van der Waals surface area contributed by atoms with Gasteiger partial charge in [-0.15, -0.1) is 0 Å². The van der Waals surface area contributed by atoms with Crippen molar-refractivity contribution in [1.82, 2.24) is 19.7 Å². The van der Waals surface area contributed by atoms with E-state index in [-0.39, 0.29) is 6.04 Å². The highest BCUT2D eigenvalue weighted by Gasteiger charge is 2.13. The predicted molar refractivity (Wildman–Crippen MR) is 74.6 cm³/mol. The Bertz CT molecular complexity index is 536. The summed E-state index contributed by atoms with van der Waals surface area (Å²) in [5.74, 6) is 1.37. The van der Waals surface area contributed by atoms with Gasteiger partial charge < -0.3 is 9.84 Å². The number of aliphatic hydroxyl groups is 1. The molecule has 0 saturated carbocycles. The number of aliphatic hydroxyl groups excluding tert-OH is 1. The van der Waals surface area contributed by atoms with Crippen LogP contribution in [0.15, 0.2) is 24.7 Å². The lowest BCUT2D eigenvalue weighted by atomic mass is 10.1. The van der Waals surface area contributed by atoms with Crippen LogP contribution in [0.25, 0.3) is 0 Å². The standard InChI is InChI=1S/C14H20N4O2/c1-10(2)18-13(16-9-17-18)7-12(19)6-11-4-5-14(20-3)15-8-11/h4-5,8-10,12,19H,6-7H2,1-3H3. The quantitative estimate of drug-likeness (QED) is 0.863. The molecule has 0 saturated heterocycles. The summed E-state index contributed by atoms with van der Waals surface area (Å²) < 4.78 is 6.84. The van der Waals surface area contributed by atoms with Gasteiger partial charge in [0.05, 0.1) is 13.2 Å². The normalized spacial score (nSPS) is 12.7. The molecule has 0 radical (unpaired) electrons. The van der Waals surface area contributed by atoms with Gasteiger partial charge in [0.1, 0.15) is 12.2 Å². The SMILES string of the molecule is COc1ccc(CC(O)Cc2ncnn2C(C)C)cn1. The molecule has 2 rings (SSSR count). The Balaban J connectivity index is 1.97. The maximum Gasteiger partial charge on any atom is 0.212 e. The van der Waals surface area contributed by atoms with Crippen LogP contribution in [0, 0.1) is 0 Å². The highest BCUT2D eigenvalue weighted by Crippen LogP contribution is 2.12. The van der Waals surface area contributed by atoms with Crippen molar-refractivity contribution in [2.45, 2.75) is 38.8 Å². The van der Waals surface area contributed by atoms with Gasteiger partial charge in [0.2, 0.25) is 5.88 Å². The summed E-state index contributed by atoms with van der Waals surface area (Å²) in [5.41, 5.74) is 0.967. The number of methoxy groups -OCH3 is 1. The minimum Gasteiger partial charge on any atom is -0.481 e. The van der Waals surface area contributed by atoms with Gasteiger partial charge in [0.15, 0.2) is 0 Å². The molecule has 2 heterocycles. The fraction of sp³-hybridized carbons (Fsp3) is 0.500. The molecule has 108 valence electrons. The van der Waals surface area contributed by atoms with E-state index in [4.69, 9.17) is 4.74 Å². The zero-order valence-electron chi connectivity index (χ0n) is 12.0. The third-order valence-electron chi connectivity index (χ3n) is 3.03. The first-order chi connectivity index (χ1) is 9.60. The molecule has 1 atom stereocenters. The maximum absolute atomic E-state index is 10.2. The monoisotopic (exact) mass is 276 g/mol. The Morgan fingerprint density at radius 1 is 1.25 bits per heavy atom. The summed E-state index contributed by atoms with van der Waals surface area (Å²) in [6.45, 7) is 4.08. The first kappa shape index (κ1) is 14.5. The average molecular weight is 276 g/mol. The van der Waals surface area contributed by atoms with Crippen LogP contribution in [-0.4, -0.2) is 38.1 Å². The van der Waals surface area contributed by atoms with Crippen LogP contribution in [0.4, 0.5) is 0 Å². The molecule has 20 heavy (non-hydrogen) atoms. The van der Waals surface area contributed by atoms with Crippen molar-refractivity contribution in [3.63, 3.8) is 0 Å². The topological polar surface area (TPSA) is 73.1 Å². The van der Waals surface area contributed by atoms with Crippen molar-refractivity contribution in [2.24, 2.45) is 0 Å². The highest BCUT2D eigenvalue weighted by molar-refractivity contribution is 5.18. The number of aromatic nitrogens is 4. The Kier molecular flexibility index (Phi) is 4.68. The Hall–Kier alpha value is -1.95. The van der Waals surface area contributed by atoms with Crippen LogP contribution in [0.5, 0.6) is 5.88 Å². The van der Waals surface area contributed by atoms with E-state index < -0.39 is 6.10 Å². The van der Waals surface area contributed by atoms with Crippen molar-refractivity contribution in [2.75, 3.05) is 7.11 Å². The van der Waals surface area contributed by atoms with E-state index >= 15 is 0 Å². The van der Waals surface area contributed by atoms with E-state index in [2.05, 4.69) is 15.1 Å². The summed E-state index contributed by atoms with van der Waals surface area (Å²) in [5, 5.41) is 14.3. The molecule has 0 aliphatic heterocycles. The number of hydrogen-bond donors (Lipinski definition) is 1. The largest absolute Gasteiger partial charge is 0.481 e. The molecule has 0 bridgehead atoms. The Morgan fingerprint density at radius 2 is 2.05 bits per heavy atom. The molecule has 6 nitrogen and oxygen atoms in total. The summed E-state index contributed by atoms with van der Waals surface area (Å²) in [4.78, 5) is 8.33. The molecule has 6 heteroatoms. The fourth-order valence-corrected chi connectivity index (χ4v) is 2.06. The summed E-state index contributed by atoms with van der Waals surface area (Å²) >= 11 is 0. The number of rotatable bonds is 6. The van der Waals surface area contributed by atoms with Gasteiger partial charge in [0.25, 0.3) is 0 Å². The molecule has 0 spiro atoms. The second kappa shape index (κ2) is 6.47. The van der Waals surface area contributed by atoms with Crippen LogP contribution < -0.4 is 4.74 Å². The molecule has 2 aromatic rings. The summed E-state index contributed by atoms with van der Waals surface area (Å²) in [7, 11) is 1.58. The molecule has 0 aromatic carbocycles. The molecular formula is C14H20N4O2. The van der Waals surface area contributed by atoms with Gasteiger partial charge >= 0.3 is 0 Å². The maximum atomic E-state index is 10.2. The van der Waals surface area contributed by atoms with Gasteiger partial charge in [0, 0.05) is 31.1 Å². The zero-order valence-corrected chi connectivity index (χ0v) is 12.0. The van der Waals surface area contributed by atoms with Crippen LogP contribution >= 0.6 is 0 Å². The van der Waals surface area contributed by atoms with Crippen LogP contribution in [0.2, 0.25) is 0 Å². The van der Waals surface area contributed by atoms with E-state index in [0.717, 1.165) is 11.4 Å². The lowest BCUT2D eigenvalue weighted by molar-refractivity contribution is 0.170. The fourth-order valence-electron chi connectivity index (χ4n) is 2.06. The molecule has 2 aromatic heterocycles. The Labute approximate surface area is 118 Å². The van der Waals surface area contributed by atoms with E-state index in [1.54, 1.807) is 19.4 Å². The predicted octanol–water partition coefficient (Wildman–Crippen LogP) is 1.41. The van der Waals surface area contributed by atoms with Crippen molar-refractivity contribution >= 4 is 0 Å². The molecule has 0 aliphatic carbocycles. The lowest BCUT2D eigenvalue weighted by Gasteiger charge is -2.13. The Morgan fingerprint density at radius 3 is 2.65 bits per heavy atom. The number of ether oxygens (including phenoxy) is 1. The van der Waals surface area contributed by atoms with Gasteiger partial charge in [-0.25, -0.2) is 14.6 Å². The van der Waals surface area contributed by atoms with E-state index in [1.807, 2.05) is 24.6 Å². The minimum atomic E-state index is -0.508. The van der Waals surface area contributed by atoms with E-state index in [0.29, 0.717) is 18.7 Å². The van der Waals surface area contributed by atoms with Gasteiger partial charge in [-0.2, -0.15) is 5.10 Å². The van der Waals surface area contributed by atoms with Gasteiger partial charge in [-0.1, -0.05) is 6.07 Å². The molecule has 0 fully saturated rings. The smallest absolute Gasteiger partial charge is 0.212 e. The van der Waals surface area contributed by atoms with Crippen LogP contribution in [0.3, 0.4) is 0 Å². The number of pyridine rings is 1. The van der Waals surface area contributed by atoms with Crippen molar-refractivity contribution in [3.8, 4) is 5.88 Å². The molecule has 0 aliphatic rings. The highest BCUT2D eigenvalue weighted by atomic mass is 16.5. The van der Waals surface area contributed by atoms with Gasteiger partial charge in [-0.05, 0) is 19.4 Å². The second-order valence-electron chi connectivity index (χ2n) is 4.99. The van der Waals surface area contributed by atoms with Crippen LogP contribution in [0.1, 0.15) is 31.3 Å². The van der Waals surface area contributed by atoms with Crippen molar-refractivity contribution in [3.05, 3.63) is 36.0 Å². The number of nitrogens with zero attached hydrogens (tertiary/aromatic N) is 4. The first-order valence-corrected chi connectivity index (χ1v) is 6.65. The average Bonchev–Trinajstić information content (AvgIpc) is 2.87. The summed E-state index contributed by atoms with van der Waals surface area (Å²) in [6, 6.07) is 3.93. The number of hydrogen-bond acceptors (Lipinski definition) is 5. The molecule has 1 N–H and O–H groups in total. The van der Waals surface area contributed by atoms with Crippen molar-refractivity contribution < 1.29 is 9.84 Å². The summed E-state index contributed by atoms with van der Waals surface area (Å²) in [6.07, 6.45) is 3.74. The molecule has 1 unspecified atom stereocenters. The van der Waals surface area contributed by atoms with E-state index in [1.165, 1.54) is 6.33 Å². The molecule has 0 amide bonds. The first-order valence-electron chi connectivity index (χ1n) is 6.65. The second-order valence-corrected chi connectivity index (χ2v) is 4.99. The van der Waals surface area contributed by atoms with Crippen LogP contribution in [-0.2, 0) is 12.8 Å². The van der Waals surface area contributed by atoms with Crippen molar-refractivity contribution in [1.29, 1.82) is 0 Å². The molecular weight excluding hydrogens is 256 g/mol. The minimum absolute atomic E-state index is 0.238. The van der Waals surface area contributed by atoms with Gasteiger partial charge in [-0.3, -0.25) is 0 Å². The third-order valence-corrected chi connectivity index (χ3v) is 3.03. The van der Waals surface area contributed by atoms with E-state index in [9.17, 15) is 5.11 Å².